The van der Waals surface area contributed by atoms with Crippen LogP contribution in [0.1, 0.15) is 25.0 Å². The molecule has 0 saturated carbocycles. The zero-order valence-corrected chi connectivity index (χ0v) is 12.5. The molecule has 8 heteroatoms. The molecule has 0 aliphatic carbocycles. The van der Waals surface area contributed by atoms with Gasteiger partial charge >= 0.3 is 5.69 Å². The van der Waals surface area contributed by atoms with Crippen molar-refractivity contribution < 1.29 is 9.66 Å². The van der Waals surface area contributed by atoms with E-state index >= 15 is 0 Å². The summed E-state index contributed by atoms with van der Waals surface area (Å²) in [5.41, 5.74) is 0.139. The van der Waals surface area contributed by atoms with Gasteiger partial charge in [0.1, 0.15) is 12.3 Å². The van der Waals surface area contributed by atoms with Crippen LogP contribution in [0.25, 0.3) is 0 Å². The van der Waals surface area contributed by atoms with Gasteiger partial charge in [0, 0.05) is 13.6 Å². The van der Waals surface area contributed by atoms with E-state index in [9.17, 15) is 10.1 Å². The van der Waals surface area contributed by atoms with E-state index in [1.807, 2.05) is 0 Å². The average molecular weight is 295 g/mol. The van der Waals surface area contributed by atoms with Gasteiger partial charge in [0.05, 0.1) is 4.92 Å². The van der Waals surface area contributed by atoms with Crippen molar-refractivity contribution in [1.29, 1.82) is 0 Å². The second kappa shape index (κ2) is 7.16. The number of aromatic nitrogens is 2. The van der Waals surface area contributed by atoms with Crippen LogP contribution in [0.2, 0.25) is 0 Å². The zero-order valence-electron chi connectivity index (χ0n) is 12.5. The largest absolute Gasteiger partial charge is 0.471 e. The minimum absolute atomic E-state index is 0.0360. The summed E-state index contributed by atoms with van der Waals surface area (Å²) < 4.78 is 5.55. The van der Waals surface area contributed by atoms with Crippen LogP contribution < -0.4 is 10.1 Å². The van der Waals surface area contributed by atoms with Crippen LogP contribution in [0.3, 0.4) is 0 Å². The molecule has 0 amide bonds. The summed E-state index contributed by atoms with van der Waals surface area (Å²) in [7, 11) is 1.66. The van der Waals surface area contributed by atoms with Crippen molar-refractivity contribution in [3.8, 4) is 5.88 Å². The molecule has 8 nitrogen and oxygen atoms in total. The summed E-state index contributed by atoms with van der Waals surface area (Å²) in [4.78, 5) is 21.0. The standard InChI is InChI=1S/C13H21N5O3/c1-10-11(18(19)20)12(16-13(14-2)15-10)21-9-8-17-6-4-3-5-7-17/h3-9H2,1-2H3,(H,14,15,16). The van der Waals surface area contributed by atoms with Crippen LogP contribution in [0.4, 0.5) is 11.6 Å². The van der Waals surface area contributed by atoms with Crippen LogP contribution in [0, 0.1) is 17.0 Å². The van der Waals surface area contributed by atoms with Crippen LogP contribution >= 0.6 is 0 Å². The molecular formula is C13H21N5O3. The second-order valence-corrected chi connectivity index (χ2v) is 5.04. The number of likely N-dealkylation sites (tertiary alicyclic amines) is 1. The van der Waals surface area contributed by atoms with Crippen molar-refractivity contribution in [3.05, 3.63) is 15.8 Å². The monoisotopic (exact) mass is 295 g/mol. The molecule has 1 aromatic rings. The number of piperidine rings is 1. The molecule has 0 atom stereocenters. The van der Waals surface area contributed by atoms with Gasteiger partial charge in [-0.3, -0.25) is 15.0 Å². The van der Waals surface area contributed by atoms with E-state index in [2.05, 4.69) is 20.2 Å². The Morgan fingerprint density at radius 1 is 1.33 bits per heavy atom. The van der Waals surface area contributed by atoms with Crippen LogP contribution in [-0.4, -0.2) is 53.1 Å². The number of rotatable bonds is 6. The molecule has 2 rings (SSSR count). The highest BCUT2D eigenvalue weighted by molar-refractivity contribution is 5.48. The van der Waals surface area contributed by atoms with Gasteiger partial charge in [-0.2, -0.15) is 4.98 Å². The Balaban J connectivity index is 2.03. The third kappa shape index (κ3) is 4.01. The van der Waals surface area contributed by atoms with Crippen molar-refractivity contribution in [3.63, 3.8) is 0 Å². The quantitative estimate of drug-likeness (QED) is 0.629. The average Bonchev–Trinajstić information content (AvgIpc) is 2.47. The molecule has 0 unspecified atom stereocenters. The molecule has 1 fully saturated rings. The van der Waals surface area contributed by atoms with Crippen molar-refractivity contribution >= 4 is 11.6 Å². The maximum Gasteiger partial charge on any atom is 0.352 e. The second-order valence-electron chi connectivity index (χ2n) is 5.04. The first-order chi connectivity index (χ1) is 10.1. The smallest absolute Gasteiger partial charge is 0.352 e. The highest BCUT2D eigenvalue weighted by atomic mass is 16.6. The molecule has 1 saturated heterocycles. The van der Waals surface area contributed by atoms with Crippen molar-refractivity contribution in [2.75, 3.05) is 38.6 Å². The first kappa shape index (κ1) is 15.4. The topological polar surface area (TPSA) is 93.4 Å². The fourth-order valence-electron chi connectivity index (χ4n) is 2.42. The molecule has 1 aromatic heterocycles. The van der Waals surface area contributed by atoms with Gasteiger partial charge in [0.15, 0.2) is 0 Å². The van der Waals surface area contributed by atoms with Crippen molar-refractivity contribution in [1.82, 2.24) is 14.9 Å². The molecule has 0 spiro atoms. The predicted molar refractivity (Wildman–Crippen MR) is 78.8 cm³/mol. The van der Waals surface area contributed by atoms with E-state index in [0.717, 1.165) is 19.6 Å². The number of hydrogen-bond acceptors (Lipinski definition) is 7. The molecule has 1 N–H and O–H groups in total. The van der Waals surface area contributed by atoms with E-state index in [0.29, 0.717) is 18.2 Å². The Kier molecular flexibility index (Phi) is 5.26. The first-order valence-electron chi connectivity index (χ1n) is 7.17. The molecule has 2 heterocycles. The number of nitrogens with zero attached hydrogens (tertiary/aromatic N) is 4. The molecule has 1 aliphatic rings. The molecule has 0 radical (unpaired) electrons. The minimum Gasteiger partial charge on any atom is -0.471 e. The number of hydrogen-bond donors (Lipinski definition) is 1. The Bertz CT molecular complexity index is 503. The van der Waals surface area contributed by atoms with Crippen LogP contribution in [0.15, 0.2) is 0 Å². The lowest BCUT2D eigenvalue weighted by Crippen LogP contribution is -2.33. The normalized spacial score (nSPS) is 15.7. The molecule has 0 aromatic carbocycles. The SMILES string of the molecule is CNc1nc(C)c([N+](=O)[O-])c(OCCN2CCCCC2)n1. The Hall–Kier alpha value is -1.96. The lowest BCUT2D eigenvalue weighted by atomic mass is 10.1. The van der Waals surface area contributed by atoms with Gasteiger partial charge in [-0.25, -0.2) is 4.98 Å². The summed E-state index contributed by atoms with van der Waals surface area (Å²) in [5.74, 6) is 0.361. The third-order valence-electron chi connectivity index (χ3n) is 3.53. The highest BCUT2D eigenvalue weighted by Crippen LogP contribution is 2.28. The van der Waals surface area contributed by atoms with Crippen molar-refractivity contribution in [2.45, 2.75) is 26.2 Å². The van der Waals surface area contributed by atoms with Crippen molar-refractivity contribution in [2.24, 2.45) is 0 Å². The van der Waals surface area contributed by atoms with Gasteiger partial charge in [0.2, 0.25) is 5.95 Å². The number of anilines is 1. The summed E-state index contributed by atoms with van der Waals surface area (Å²) in [6, 6.07) is 0. The maximum atomic E-state index is 11.1. The molecule has 21 heavy (non-hydrogen) atoms. The number of ether oxygens (including phenoxy) is 1. The van der Waals surface area contributed by atoms with Crippen LogP contribution in [0.5, 0.6) is 5.88 Å². The summed E-state index contributed by atoms with van der Waals surface area (Å²) in [6.07, 6.45) is 3.69. The van der Waals surface area contributed by atoms with E-state index in [4.69, 9.17) is 4.74 Å². The number of nitro groups is 1. The van der Waals surface area contributed by atoms with Gasteiger partial charge in [-0.05, 0) is 32.9 Å². The summed E-state index contributed by atoms with van der Waals surface area (Å²) in [5, 5.41) is 13.9. The first-order valence-corrected chi connectivity index (χ1v) is 7.17. The minimum atomic E-state index is -0.495. The van der Waals surface area contributed by atoms with Gasteiger partial charge in [-0.15, -0.1) is 0 Å². The lowest BCUT2D eigenvalue weighted by molar-refractivity contribution is -0.387. The zero-order chi connectivity index (χ0) is 15.2. The predicted octanol–water partition coefficient (Wildman–Crippen LogP) is 1.60. The third-order valence-corrected chi connectivity index (χ3v) is 3.53. The lowest BCUT2D eigenvalue weighted by Gasteiger charge is -2.26. The Labute approximate surface area is 123 Å². The fraction of sp³-hybridized carbons (Fsp3) is 0.692. The summed E-state index contributed by atoms with van der Waals surface area (Å²) >= 11 is 0. The van der Waals surface area contributed by atoms with Gasteiger partial charge in [0.25, 0.3) is 5.88 Å². The Morgan fingerprint density at radius 3 is 2.67 bits per heavy atom. The molecule has 0 bridgehead atoms. The van der Waals surface area contributed by atoms with E-state index in [1.54, 1.807) is 14.0 Å². The van der Waals surface area contributed by atoms with Gasteiger partial charge < -0.3 is 10.1 Å². The molecule has 116 valence electrons. The van der Waals surface area contributed by atoms with Crippen LogP contribution in [-0.2, 0) is 0 Å². The van der Waals surface area contributed by atoms with E-state index in [-0.39, 0.29) is 11.6 Å². The van der Waals surface area contributed by atoms with E-state index in [1.165, 1.54) is 19.3 Å². The number of aryl methyl sites for hydroxylation is 1. The number of nitrogens with one attached hydrogen (secondary N) is 1. The summed E-state index contributed by atoms with van der Waals surface area (Å²) in [6.45, 7) is 4.86. The molecular weight excluding hydrogens is 274 g/mol. The highest BCUT2D eigenvalue weighted by Gasteiger charge is 2.23. The fourth-order valence-corrected chi connectivity index (χ4v) is 2.42. The van der Waals surface area contributed by atoms with E-state index < -0.39 is 4.92 Å². The molecule has 1 aliphatic heterocycles. The van der Waals surface area contributed by atoms with Gasteiger partial charge in [-0.1, -0.05) is 6.42 Å². The maximum absolute atomic E-state index is 11.1. The Morgan fingerprint density at radius 2 is 2.05 bits per heavy atom.